The van der Waals surface area contributed by atoms with E-state index in [2.05, 4.69) is 44.0 Å². The molecule has 6 rings (SSSR count). The van der Waals surface area contributed by atoms with E-state index in [9.17, 15) is 34.8 Å². The van der Waals surface area contributed by atoms with E-state index >= 15 is 0 Å². The summed E-state index contributed by atoms with van der Waals surface area (Å²) < 4.78 is 0. The van der Waals surface area contributed by atoms with Gasteiger partial charge in [0, 0.05) is 83.6 Å². The maximum absolute atomic E-state index is 14.3. The molecule has 0 bridgehead atoms. The molecule has 2 heterocycles. The molecule has 4 atom stereocenters. The molecule has 1 saturated carbocycles. The Morgan fingerprint density at radius 1 is 0.942 bits per heavy atom. The molecule has 3 aliphatic carbocycles. The lowest BCUT2D eigenvalue weighted by atomic mass is 9.57. The first kappa shape index (κ1) is 37.7. The van der Waals surface area contributed by atoms with Crippen LogP contribution in [0.25, 0.3) is 5.76 Å². The number of aliphatic hydroxyl groups excluding tert-OH is 2. The number of phenols is 1. The maximum Gasteiger partial charge on any atom is 0.255 e. The molecule has 0 radical (unpaired) electrons. The molecule has 3 fully saturated rings. The van der Waals surface area contributed by atoms with Gasteiger partial charge in [-0.3, -0.25) is 19.3 Å². The number of aromatic hydroxyl groups is 1. The summed E-state index contributed by atoms with van der Waals surface area (Å²) in [7, 11) is 10.9. The van der Waals surface area contributed by atoms with Gasteiger partial charge in [-0.2, -0.15) is 5.12 Å². The molecule has 1 aromatic rings. The van der Waals surface area contributed by atoms with Gasteiger partial charge in [-0.15, -0.1) is 0 Å². The number of nitrogens with two attached hydrogens (primary N) is 2. The van der Waals surface area contributed by atoms with E-state index in [1.807, 2.05) is 19.0 Å². The van der Waals surface area contributed by atoms with Gasteiger partial charge in [0.15, 0.2) is 17.1 Å². The van der Waals surface area contributed by atoms with E-state index in [-0.39, 0.29) is 42.0 Å². The number of aliphatic imine (C=N–C) groups is 1. The Morgan fingerprint density at radius 2 is 1.50 bits per heavy atom. The fraction of sp³-hybridized carbons (Fsp3) is 0.600. The summed E-state index contributed by atoms with van der Waals surface area (Å²) in [6.07, 6.45) is 0.163. The van der Waals surface area contributed by atoms with Gasteiger partial charge < -0.3 is 46.6 Å². The molecular weight excluding hydrogens is 672 g/mol. The number of hydrogen-bond donors (Lipinski definition) is 6. The van der Waals surface area contributed by atoms with Crippen molar-refractivity contribution >= 4 is 40.4 Å². The second kappa shape index (κ2) is 14.0. The number of likely N-dealkylation sites (N-methyl/N-ethyl adjacent to an activating group) is 3. The van der Waals surface area contributed by atoms with Crippen molar-refractivity contribution in [1.82, 2.24) is 29.8 Å². The molecule has 0 spiro atoms. The van der Waals surface area contributed by atoms with E-state index in [0.717, 1.165) is 52.4 Å². The zero-order chi connectivity index (χ0) is 38.0. The zero-order valence-corrected chi connectivity index (χ0v) is 30.8. The van der Waals surface area contributed by atoms with Crippen LogP contribution in [0.2, 0.25) is 0 Å². The fourth-order valence-corrected chi connectivity index (χ4v) is 8.53. The van der Waals surface area contributed by atoms with Crippen LogP contribution >= 0.6 is 0 Å². The minimum Gasteiger partial charge on any atom is -0.508 e. The number of Topliss-reactive ketones (excluding diaryl/α,β-unsaturated/α-hetero) is 2. The molecule has 2 aliphatic heterocycles. The Kier molecular flexibility index (Phi) is 10.2. The van der Waals surface area contributed by atoms with Crippen LogP contribution in [-0.2, 0) is 20.8 Å². The summed E-state index contributed by atoms with van der Waals surface area (Å²) in [5, 5.41) is 53.5. The van der Waals surface area contributed by atoms with Crippen LogP contribution in [0.5, 0.6) is 5.75 Å². The number of ketones is 2. The quantitative estimate of drug-likeness (QED) is 0.104. The van der Waals surface area contributed by atoms with E-state index in [1.165, 1.54) is 4.90 Å². The average Bonchev–Trinajstić information content (AvgIpc) is 3.07. The predicted octanol–water partition coefficient (Wildman–Crippen LogP) is -1.35. The number of phenolic OH excluding ortho intramolecular Hbond substituents is 1. The molecule has 0 aromatic heterocycles. The topological polar surface area (TPSA) is 219 Å². The van der Waals surface area contributed by atoms with E-state index in [0.29, 0.717) is 11.3 Å². The number of amides is 1. The van der Waals surface area contributed by atoms with Crippen LogP contribution in [0.4, 0.5) is 11.4 Å². The largest absolute Gasteiger partial charge is 0.508 e. The molecule has 1 aromatic carbocycles. The van der Waals surface area contributed by atoms with Crippen LogP contribution in [-0.4, -0.2) is 186 Å². The minimum atomic E-state index is -2.72. The molecule has 17 nitrogen and oxygen atoms in total. The minimum absolute atomic E-state index is 0.000657. The van der Waals surface area contributed by atoms with Gasteiger partial charge in [-0.05, 0) is 58.6 Å². The molecule has 2 unspecified atom stereocenters. The Labute approximate surface area is 303 Å². The van der Waals surface area contributed by atoms with Crippen molar-refractivity contribution in [3.63, 3.8) is 0 Å². The number of carbonyl (C=O) groups excluding carboxylic acids is 3. The number of fused-ring (bicyclic) bond motifs is 3. The number of primary amides is 1. The zero-order valence-electron chi connectivity index (χ0n) is 30.8. The second-order valence-electron chi connectivity index (χ2n) is 15.1. The first-order valence-electron chi connectivity index (χ1n) is 17.7. The Balaban J connectivity index is 1.42. The maximum atomic E-state index is 14.3. The smallest absolute Gasteiger partial charge is 0.255 e. The highest BCUT2D eigenvalue weighted by Gasteiger charge is 2.64. The lowest BCUT2D eigenvalue weighted by molar-refractivity contribution is -0.196. The molecular formula is C35H52N10O7. The molecule has 5 aliphatic rings. The summed E-state index contributed by atoms with van der Waals surface area (Å²) in [6, 6.07) is 0.534. The van der Waals surface area contributed by atoms with Gasteiger partial charge in [0.2, 0.25) is 5.78 Å². The average molecular weight is 725 g/mol. The van der Waals surface area contributed by atoms with Crippen LogP contribution in [0, 0.1) is 11.8 Å². The fourth-order valence-electron chi connectivity index (χ4n) is 8.53. The van der Waals surface area contributed by atoms with Gasteiger partial charge in [0.25, 0.3) is 5.91 Å². The number of anilines is 1. The van der Waals surface area contributed by atoms with Crippen LogP contribution < -0.4 is 16.4 Å². The molecule has 2 saturated heterocycles. The van der Waals surface area contributed by atoms with Crippen molar-refractivity contribution in [2.75, 3.05) is 106 Å². The van der Waals surface area contributed by atoms with Gasteiger partial charge in [0.05, 0.1) is 18.2 Å². The summed E-state index contributed by atoms with van der Waals surface area (Å²) in [5.74, 6) is -6.88. The van der Waals surface area contributed by atoms with Crippen LogP contribution in [0.3, 0.4) is 0 Å². The standard InChI is InChI=1S/C35H52N10O7/c1-39(2)23-17-22(38-24(36)18-45(43-11-7-41(5)8-12-43)44-13-9-42(6)10-14-44)29(46)26-20(23)15-19-16-21-28(40(3)4)31(48)27(34(37)51)33(50)35(21,52)32(49)25(19)30(26)47/h17,19,21,28,46-47,50,52H,7-16,18H2,1-6H3,(H2,36,38)(H2,37,51)/t19?,21?,28-,35-/m0/s1. The first-order valence-corrected chi connectivity index (χ1v) is 17.7. The Bertz CT molecular complexity index is 1720. The highest BCUT2D eigenvalue weighted by Crippen LogP contribution is 2.55. The van der Waals surface area contributed by atoms with Crippen molar-refractivity contribution in [3.05, 3.63) is 34.1 Å². The van der Waals surface area contributed by atoms with Crippen molar-refractivity contribution in [2.24, 2.45) is 28.3 Å². The lowest BCUT2D eigenvalue weighted by Gasteiger charge is -2.50. The summed E-state index contributed by atoms with van der Waals surface area (Å²) in [5.41, 5.74) is 9.51. The molecule has 17 heteroatoms. The third-order valence-electron chi connectivity index (χ3n) is 11.3. The van der Waals surface area contributed by atoms with E-state index in [1.54, 1.807) is 20.2 Å². The van der Waals surface area contributed by atoms with E-state index < -0.39 is 63.8 Å². The monoisotopic (exact) mass is 724 g/mol. The number of benzene rings is 1. The number of aliphatic hydroxyl groups is 3. The molecule has 52 heavy (non-hydrogen) atoms. The predicted molar refractivity (Wildman–Crippen MR) is 195 cm³/mol. The third kappa shape index (κ3) is 6.23. The van der Waals surface area contributed by atoms with Gasteiger partial charge in [-0.25, -0.2) is 15.0 Å². The Morgan fingerprint density at radius 3 is 2.00 bits per heavy atom. The third-order valence-corrected chi connectivity index (χ3v) is 11.3. The van der Waals surface area contributed by atoms with Crippen molar-refractivity contribution in [3.8, 4) is 5.75 Å². The number of carbonyl (C=O) groups is 3. The molecule has 284 valence electrons. The number of nitrogens with zero attached hydrogens (tertiary/aromatic N) is 8. The summed E-state index contributed by atoms with van der Waals surface area (Å²) in [6.45, 7) is 7.07. The lowest BCUT2D eigenvalue weighted by Crippen LogP contribution is -2.65. The van der Waals surface area contributed by atoms with Gasteiger partial charge >= 0.3 is 0 Å². The highest BCUT2D eigenvalue weighted by atomic mass is 16.3. The summed E-state index contributed by atoms with van der Waals surface area (Å²) >= 11 is 0. The molecule has 8 N–H and O–H groups in total. The SMILES string of the molecule is CN1CCN(N(CC(N)=Nc2cc(N(C)C)c3c(c2O)C(O)=C2C(=O)[C@]4(O)C(O)=C(C(N)=O)C(=O)[C@@H](N(C)C)C4CC2C3)N2CCN(C)CC2)CC1. The van der Waals surface area contributed by atoms with E-state index in [4.69, 9.17) is 11.5 Å². The highest BCUT2D eigenvalue weighted by molar-refractivity contribution is 6.24. The second-order valence-corrected chi connectivity index (χ2v) is 15.1. The van der Waals surface area contributed by atoms with Crippen LogP contribution in [0.15, 0.2) is 28.0 Å². The van der Waals surface area contributed by atoms with Crippen LogP contribution in [0.1, 0.15) is 17.5 Å². The molecule has 1 amide bonds. The number of piperazine rings is 2. The normalized spacial score (nSPS) is 28.4. The van der Waals surface area contributed by atoms with Crippen molar-refractivity contribution < 1.29 is 34.8 Å². The summed E-state index contributed by atoms with van der Waals surface area (Å²) in [4.78, 5) is 52.6. The number of hydrogen-bond acceptors (Lipinski definition) is 15. The number of amidine groups is 1. The first-order chi connectivity index (χ1) is 24.5. The van der Waals surface area contributed by atoms with Gasteiger partial charge in [0.1, 0.15) is 28.6 Å². The number of hydrazine groups is 2. The Hall–Kier alpha value is -4.10. The van der Waals surface area contributed by atoms with Crippen molar-refractivity contribution in [2.45, 2.75) is 24.5 Å². The van der Waals surface area contributed by atoms with Crippen molar-refractivity contribution in [1.29, 1.82) is 0 Å². The number of rotatable bonds is 8. The van der Waals surface area contributed by atoms with Gasteiger partial charge in [-0.1, -0.05) is 0 Å².